The Balaban J connectivity index is 3.85. The highest BCUT2D eigenvalue weighted by atomic mass is 16.4. The molecule has 0 unspecified atom stereocenters. The molecule has 0 radical (unpaired) electrons. The van der Waals surface area contributed by atoms with Gasteiger partial charge in [0.15, 0.2) is 0 Å². The summed E-state index contributed by atoms with van der Waals surface area (Å²) in [6.07, 6.45) is 4.66. The van der Waals surface area contributed by atoms with Crippen molar-refractivity contribution in [2.24, 2.45) is 0 Å². The van der Waals surface area contributed by atoms with E-state index in [0.717, 1.165) is 25.5 Å². The second-order valence-corrected chi connectivity index (χ2v) is 2.77. The number of aliphatic hydroxyl groups excluding tert-OH is 1. The molecule has 0 rings (SSSR count). The van der Waals surface area contributed by atoms with E-state index in [1.165, 1.54) is 6.20 Å². The molecule has 0 aromatic rings. The fourth-order valence-corrected chi connectivity index (χ4v) is 0.920. The second kappa shape index (κ2) is 7.61. The minimum atomic E-state index is -0.959. The monoisotopic (exact) mass is 187 g/mol. The molecule has 0 atom stereocenters. The number of nitrogens with zero attached hydrogens (tertiary/aromatic N) is 1. The molecule has 0 aliphatic carbocycles. The minimum Gasteiger partial charge on any atom is -0.478 e. The van der Waals surface area contributed by atoms with Gasteiger partial charge in [-0.1, -0.05) is 13.3 Å². The molecule has 0 aliphatic rings. The van der Waals surface area contributed by atoms with E-state index in [1.807, 2.05) is 0 Å². The van der Waals surface area contributed by atoms with Crippen molar-refractivity contribution in [3.05, 3.63) is 12.3 Å². The number of carboxylic acid groups (broad SMARTS) is 1. The maximum atomic E-state index is 10.2. The molecule has 0 heterocycles. The molecule has 0 amide bonds. The van der Waals surface area contributed by atoms with Crippen molar-refractivity contribution in [1.29, 1.82) is 0 Å². The van der Waals surface area contributed by atoms with E-state index < -0.39 is 5.97 Å². The first kappa shape index (κ1) is 12.0. The maximum Gasteiger partial charge on any atom is 0.329 e. The van der Waals surface area contributed by atoms with Gasteiger partial charge in [0.05, 0.1) is 6.61 Å². The van der Waals surface area contributed by atoms with E-state index in [2.05, 4.69) is 6.92 Å². The van der Waals surface area contributed by atoms with Crippen molar-refractivity contribution < 1.29 is 15.0 Å². The predicted molar refractivity (Wildman–Crippen MR) is 50.3 cm³/mol. The molecule has 4 heteroatoms. The lowest BCUT2D eigenvalue weighted by atomic mass is 10.3. The van der Waals surface area contributed by atoms with Crippen LogP contribution in [-0.2, 0) is 4.79 Å². The third-order valence-corrected chi connectivity index (χ3v) is 1.61. The second-order valence-electron chi connectivity index (χ2n) is 2.77. The van der Waals surface area contributed by atoms with Crippen LogP contribution in [0.3, 0.4) is 0 Å². The first-order valence-electron chi connectivity index (χ1n) is 4.46. The Morgan fingerprint density at radius 1 is 1.46 bits per heavy atom. The zero-order chi connectivity index (χ0) is 10.1. The number of carbonyl (C=O) groups is 1. The molecule has 0 saturated carbocycles. The van der Waals surface area contributed by atoms with Gasteiger partial charge in [-0.15, -0.1) is 0 Å². The Bertz CT molecular complexity index is 168. The van der Waals surface area contributed by atoms with Crippen LogP contribution in [0.4, 0.5) is 0 Å². The Labute approximate surface area is 78.5 Å². The summed E-state index contributed by atoms with van der Waals surface area (Å²) in [6, 6.07) is 0. The molecule has 76 valence electrons. The average molecular weight is 187 g/mol. The normalized spacial score (nSPS) is 10.6. The van der Waals surface area contributed by atoms with Gasteiger partial charge in [0.2, 0.25) is 0 Å². The number of aliphatic hydroxyl groups is 1. The molecule has 0 aromatic heterocycles. The summed E-state index contributed by atoms with van der Waals surface area (Å²) in [7, 11) is 0. The molecule has 2 N–H and O–H groups in total. The van der Waals surface area contributed by atoms with Gasteiger partial charge >= 0.3 is 5.97 Å². The number of hydrogen-bond donors (Lipinski definition) is 2. The summed E-state index contributed by atoms with van der Waals surface area (Å²) >= 11 is 0. The van der Waals surface area contributed by atoms with Gasteiger partial charge in [0.1, 0.15) is 0 Å². The number of aliphatic carboxylic acids is 1. The zero-order valence-electron chi connectivity index (χ0n) is 7.94. The van der Waals surface area contributed by atoms with Crippen LogP contribution in [0.2, 0.25) is 0 Å². The number of hydrogen-bond acceptors (Lipinski definition) is 3. The predicted octanol–water partition coefficient (Wildman–Crippen LogP) is 0.679. The van der Waals surface area contributed by atoms with E-state index >= 15 is 0 Å². The Morgan fingerprint density at radius 3 is 2.62 bits per heavy atom. The van der Waals surface area contributed by atoms with Crippen LogP contribution in [0.1, 0.15) is 19.8 Å². The summed E-state index contributed by atoms with van der Waals surface area (Å²) in [6.45, 7) is 3.40. The van der Waals surface area contributed by atoms with Gasteiger partial charge in [-0.25, -0.2) is 4.79 Å². The van der Waals surface area contributed by atoms with Gasteiger partial charge in [0, 0.05) is 25.4 Å². The molecular formula is C9H17NO3. The third kappa shape index (κ3) is 7.33. The van der Waals surface area contributed by atoms with Crippen LogP contribution < -0.4 is 0 Å². The summed E-state index contributed by atoms with van der Waals surface area (Å²) in [4.78, 5) is 12.0. The van der Waals surface area contributed by atoms with Gasteiger partial charge in [0.25, 0.3) is 0 Å². The topological polar surface area (TPSA) is 60.8 Å². The standard InChI is InChI=1S/C9H17NO3/c1-2-3-5-10(7-8-11)6-4-9(12)13/h4,6,11H,2-3,5,7-8H2,1H3,(H,12,13). The van der Waals surface area contributed by atoms with Crippen LogP contribution in [0.15, 0.2) is 12.3 Å². The molecule has 13 heavy (non-hydrogen) atoms. The summed E-state index contributed by atoms with van der Waals surface area (Å²) < 4.78 is 0. The lowest BCUT2D eigenvalue weighted by Crippen LogP contribution is -2.22. The van der Waals surface area contributed by atoms with E-state index in [0.29, 0.717) is 6.54 Å². The summed E-state index contributed by atoms with van der Waals surface area (Å²) in [5.74, 6) is -0.959. The van der Waals surface area contributed by atoms with Gasteiger partial charge in [-0.3, -0.25) is 0 Å². The number of rotatable bonds is 7. The van der Waals surface area contributed by atoms with E-state index in [4.69, 9.17) is 10.2 Å². The Morgan fingerprint density at radius 2 is 2.15 bits per heavy atom. The average Bonchev–Trinajstić information content (AvgIpc) is 2.09. The largest absolute Gasteiger partial charge is 0.478 e. The first-order chi connectivity index (χ1) is 6.20. The summed E-state index contributed by atoms with van der Waals surface area (Å²) in [5.41, 5.74) is 0. The highest BCUT2D eigenvalue weighted by Gasteiger charge is 1.97. The van der Waals surface area contributed by atoms with E-state index in [9.17, 15) is 4.79 Å². The highest BCUT2D eigenvalue weighted by molar-refractivity contribution is 5.79. The van der Waals surface area contributed by atoms with Crippen molar-refractivity contribution in [3.63, 3.8) is 0 Å². The minimum absolute atomic E-state index is 0.0493. The van der Waals surface area contributed by atoms with Gasteiger partial charge in [-0.2, -0.15) is 0 Å². The molecule has 0 aliphatic heterocycles. The van der Waals surface area contributed by atoms with Crippen molar-refractivity contribution in [1.82, 2.24) is 4.90 Å². The van der Waals surface area contributed by atoms with Gasteiger partial charge in [-0.05, 0) is 6.42 Å². The highest BCUT2D eigenvalue weighted by Crippen LogP contribution is 1.95. The van der Waals surface area contributed by atoms with Crippen molar-refractivity contribution in [3.8, 4) is 0 Å². The fourth-order valence-electron chi connectivity index (χ4n) is 0.920. The van der Waals surface area contributed by atoms with E-state index in [1.54, 1.807) is 4.90 Å². The van der Waals surface area contributed by atoms with Crippen LogP contribution in [0.5, 0.6) is 0 Å². The number of unbranched alkanes of at least 4 members (excludes halogenated alkanes) is 1. The zero-order valence-corrected chi connectivity index (χ0v) is 7.94. The Hall–Kier alpha value is -1.03. The fraction of sp³-hybridized carbons (Fsp3) is 0.667. The SMILES string of the molecule is CCCCN(C=CC(=O)O)CCO. The van der Waals surface area contributed by atoms with Crippen LogP contribution in [0.25, 0.3) is 0 Å². The quantitative estimate of drug-likeness (QED) is 0.575. The lowest BCUT2D eigenvalue weighted by molar-refractivity contribution is -0.131. The molecule has 0 saturated heterocycles. The van der Waals surface area contributed by atoms with Crippen LogP contribution in [-0.4, -0.2) is 40.8 Å². The van der Waals surface area contributed by atoms with Crippen molar-refractivity contribution >= 4 is 5.97 Å². The molecule has 0 spiro atoms. The molecule has 4 nitrogen and oxygen atoms in total. The molecular weight excluding hydrogens is 170 g/mol. The van der Waals surface area contributed by atoms with Crippen LogP contribution in [0, 0.1) is 0 Å². The van der Waals surface area contributed by atoms with Crippen molar-refractivity contribution in [2.75, 3.05) is 19.7 Å². The molecule has 0 aromatic carbocycles. The number of carboxylic acids is 1. The molecule has 0 bridgehead atoms. The lowest BCUT2D eigenvalue weighted by Gasteiger charge is -2.17. The maximum absolute atomic E-state index is 10.2. The van der Waals surface area contributed by atoms with Crippen LogP contribution >= 0.6 is 0 Å². The smallest absolute Gasteiger partial charge is 0.329 e. The van der Waals surface area contributed by atoms with Crippen molar-refractivity contribution in [2.45, 2.75) is 19.8 Å². The first-order valence-corrected chi connectivity index (χ1v) is 4.46. The summed E-state index contributed by atoms with van der Waals surface area (Å²) in [5, 5.41) is 17.1. The van der Waals surface area contributed by atoms with Gasteiger partial charge < -0.3 is 15.1 Å². The third-order valence-electron chi connectivity index (χ3n) is 1.61. The van der Waals surface area contributed by atoms with E-state index in [-0.39, 0.29) is 6.61 Å². The molecule has 0 fully saturated rings. The Kier molecular flexibility index (Phi) is 7.01.